The van der Waals surface area contributed by atoms with E-state index in [4.69, 9.17) is 16.0 Å². The summed E-state index contributed by atoms with van der Waals surface area (Å²) in [6, 6.07) is 10.2. The lowest BCUT2D eigenvalue weighted by Crippen LogP contribution is -2.20. The number of furan rings is 1. The van der Waals surface area contributed by atoms with Crippen LogP contribution in [0.15, 0.2) is 41.0 Å². The summed E-state index contributed by atoms with van der Waals surface area (Å²) in [5, 5.41) is 3.58. The lowest BCUT2D eigenvalue weighted by Gasteiger charge is -2.14. The lowest BCUT2D eigenvalue weighted by atomic mass is 10.2. The van der Waals surface area contributed by atoms with E-state index in [-0.39, 0.29) is 6.04 Å². The molecule has 1 atom stereocenters. The first kappa shape index (κ1) is 14.9. The smallest absolute Gasteiger partial charge is 0.126 e. The van der Waals surface area contributed by atoms with Gasteiger partial charge in [-0.1, -0.05) is 11.6 Å². The monoisotopic (exact) mass is 337 g/mol. The molecule has 0 aliphatic carbocycles. The highest BCUT2D eigenvalue weighted by Gasteiger charge is 2.18. The molecule has 2 nitrogen and oxygen atoms in total. The Kier molecular flexibility index (Phi) is 4.50. The maximum absolute atomic E-state index is 6.07. The van der Waals surface area contributed by atoms with Crippen LogP contribution in [0.25, 0.3) is 0 Å². The molecule has 0 aliphatic heterocycles. The molecule has 1 unspecified atom stereocenters. The Labute approximate surface area is 137 Å². The molecule has 0 saturated carbocycles. The van der Waals surface area contributed by atoms with Gasteiger partial charge in [0, 0.05) is 21.2 Å². The maximum Gasteiger partial charge on any atom is 0.126 e. The van der Waals surface area contributed by atoms with Crippen molar-refractivity contribution in [2.75, 3.05) is 0 Å². The van der Waals surface area contributed by atoms with E-state index in [1.807, 2.05) is 29.5 Å². The fourth-order valence-corrected chi connectivity index (χ4v) is 4.37. The third kappa shape index (κ3) is 3.40. The Morgan fingerprint density at radius 3 is 2.67 bits per heavy atom. The molecule has 3 heterocycles. The number of hydrogen-bond acceptors (Lipinski definition) is 4. The van der Waals surface area contributed by atoms with Crippen LogP contribution in [0.1, 0.15) is 32.0 Å². The molecule has 3 rings (SSSR count). The van der Waals surface area contributed by atoms with Crippen LogP contribution in [0, 0.1) is 13.8 Å². The fourth-order valence-electron chi connectivity index (χ4n) is 2.22. The van der Waals surface area contributed by atoms with Crippen LogP contribution in [-0.2, 0) is 6.54 Å². The molecular weight excluding hydrogens is 322 g/mol. The first-order chi connectivity index (χ1) is 10.1. The second-order valence-electron chi connectivity index (χ2n) is 4.92. The normalized spacial score (nSPS) is 12.7. The topological polar surface area (TPSA) is 25.2 Å². The van der Waals surface area contributed by atoms with E-state index in [0.29, 0.717) is 0 Å². The first-order valence-electron chi connectivity index (χ1n) is 6.71. The van der Waals surface area contributed by atoms with Crippen molar-refractivity contribution in [2.24, 2.45) is 0 Å². The summed E-state index contributed by atoms with van der Waals surface area (Å²) in [5.74, 6) is 0.915. The number of halogens is 1. The molecule has 110 valence electrons. The molecule has 0 spiro atoms. The molecule has 0 fully saturated rings. The third-order valence-electron chi connectivity index (χ3n) is 3.40. The Balaban J connectivity index is 1.80. The van der Waals surface area contributed by atoms with Gasteiger partial charge in [0.25, 0.3) is 0 Å². The highest BCUT2D eigenvalue weighted by Crippen LogP contribution is 2.32. The fraction of sp³-hybridized carbons (Fsp3) is 0.250. The Bertz CT molecular complexity index is 695. The molecule has 0 saturated heterocycles. The predicted molar refractivity (Wildman–Crippen MR) is 90.5 cm³/mol. The minimum Gasteiger partial charge on any atom is -0.467 e. The second-order valence-corrected chi connectivity index (χ2v) is 8.01. The molecule has 5 heteroatoms. The van der Waals surface area contributed by atoms with Crippen molar-refractivity contribution in [1.82, 2.24) is 5.32 Å². The Hall–Kier alpha value is -1.07. The van der Waals surface area contributed by atoms with E-state index < -0.39 is 0 Å². The van der Waals surface area contributed by atoms with Gasteiger partial charge in [-0.3, -0.25) is 5.32 Å². The number of aryl methyl sites for hydroxylation is 2. The van der Waals surface area contributed by atoms with Crippen molar-refractivity contribution in [3.05, 3.63) is 66.9 Å². The van der Waals surface area contributed by atoms with Gasteiger partial charge in [0.05, 0.1) is 10.6 Å². The quantitative estimate of drug-likeness (QED) is 0.660. The minimum atomic E-state index is 0.0419. The van der Waals surface area contributed by atoms with Crippen molar-refractivity contribution in [3.8, 4) is 0 Å². The SMILES string of the molecule is Cc1cc(CNC(c2ccco2)c2ccc(Cl)s2)sc1C. The maximum atomic E-state index is 6.07. The van der Waals surface area contributed by atoms with Crippen LogP contribution in [0.3, 0.4) is 0 Å². The summed E-state index contributed by atoms with van der Waals surface area (Å²) < 4.78 is 6.38. The van der Waals surface area contributed by atoms with E-state index in [9.17, 15) is 0 Å². The van der Waals surface area contributed by atoms with Crippen LogP contribution in [0.2, 0.25) is 4.34 Å². The van der Waals surface area contributed by atoms with Gasteiger partial charge in [0.1, 0.15) is 11.8 Å². The van der Waals surface area contributed by atoms with Gasteiger partial charge in [-0.05, 0) is 49.7 Å². The standard InChI is InChI=1S/C16H16ClNOS2/c1-10-8-12(20-11(10)2)9-18-16(13-4-3-7-19-13)14-5-6-15(17)21-14/h3-8,16,18H,9H2,1-2H3. The zero-order valence-electron chi connectivity index (χ0n) is 11.9. The highest BCUT2D eigenvalue weighted by molar-refractivity contribution is 7.16. The number of hydrogen-bond donors (Lipinski definition) is 1. The molecule has 0 aliphatic rings. The predicted octanol–water partition coefficient (Wildman–Crippen LogP) is 5.55. The molecule has 1 N–H and O–H groups in total. The second kappa shape index (κ2) is 6.36. The molecule has 0 aromatic carbocycles. The van der Waals surface area contributed by atoms with Crippen LogP contribution in [-0.4, -0.2) is 0 Å². The van der Waals surface area contributed by atoms with Gasteiger partial charge < -0.3 is 4.42 Å². The number of thiophene rings is 2. The molecule has 21 heavy (non-hydrogen) atoms. The zero-order chi connectivity index (χ0) is 14.8. The van der Waals surface area contributed by atoms with E-state index in [2.05, 4.69) is 31.3 Å². The lowest BCUT2D eigenvalue weighted by molar-refractivity contribution is 0.450. The first-order valence-corrected chi connectivity index (χ1v) is 8.72. The van der Waals surface area contributed by atoms with Gasteiger partial charge in [-0.15, -0.1) is 22.7 Å². The Morgan fingerprint density at radius 1 is 1.24 bits per heavy atom. The molecular formula is C16H16ClNOS2. The van der Waals surface area contributed by atoms with Crippen molar-refractivity contribution < 1.29 is 4.42 Å². The van der Waals surface area contributed by atoms with Gasteiger partial charge in [0.2, 0.25) is 0 Å². The van der Waals surface area contributed by atoms with Crippen LogP contribution >= 0.6 is 34.3 Å². The number of rotatable bonds is 5. The molecule has 3 aromatic heterocycles. The summed E-state index contributed by atoms with van der Waals surface area (Å²) in [7, 11) is 0. The van der Waals surface area contributed by atoms with Crippen LogP contribution < -0.4 is 5.32 Å². The average Bonchev–Trinajstić information content (AvgIpc) is 3.15. The average molecular weight is 338 g/mol. The van der Waals surface area contributed by atoms with Gasteiger partial charge in [0.15, 0.2) is 0 Å². The van der Waals surface area contributed by atoms with Crippen molar-refractivity contribution in [2.45, 2.75) is 26.4 Å². The summed E-state index contributed by atoms with van der Waals surface area (Å²) in [4.78, 5) is 3.88. The molecule has 0 amide bonds. The van der Waals surface area contributed by atoms with Crippen LogP contribution in [0.4, 0.5) is 0 Å². The summed E-state index contributed by atoms with van der Waals surface area (Å²) in [5.41, 5.74) is 1.35. The summed E-state index contributed by atoms with van der Waals surface area (Å²) in [6.07, 6.45) is 1.71. The molecule has 0 bridgehead atoms. The van der Waals surface area contributed by atoms with E-state index >= 15 is 0 Å². The van der Waals surface area contributed by atoms with Crippen LogP contribution in [0.5, 0.6) is 0 Å². The van der Waals surface area contributed by atoms with E-state index in [1.54, 1.807) is 17.6 Å². The van der Waals surface area contributed by atoms with Gasteiger partial charge in [-0.25, -0.2) is 0 Å². The molecule has 0 radical (unpaired) electrons. The van der Waals surface area contributed by atoms with Gasteiger partial charge in [-0.2, -0.15) is 0 Å². The van der Waals surface area contributed by atoms with Crippen molar-refractivity contribution in [1.29, 1.82) is 0 Å². The van der Waals surface area contributed by atoms with E-state index in [1.165, 1.54) is 20.2 Å². The number of nitrogens with one attached hydrogen (secondary N) is 1. The van der Waals surface area contributed by atoms with E-state index in [0.717, 1.165) is 16.6 Å². The Morgan fingerprint density at radius 2 is 2.10 bits per heavy atom. The largest absolute Gasteiger partial charge is 0.467 e. The third-order valence-corrected chi connectivity index (χ3v) is 5.85. The highest BCUT2D eigenvalue weighted by atomic mass is 35.5. The van der Waals surface area contributed by atoms with Gasteiger partial charge >= 0.3 is 0 Å². The van der Waals surface area contributed by atoms with Crippen molar-refractivity contribution >= 4 is 34.3 Å². The summed E-state index contributed by atoms with van der Waals surface area (Å²) >= 11 is 9.49. The zero-order valence-corrected chi connectivity index (χ0v) is 14.2. The minimum absolute atomic E-state index is 0.0419. The molecule has 3 aromatic rings. The van der Waals surface area contributed by atoms with Crippen molar-refractivity contribution in [3.63, 3.8) is 0 Å². The summed E-state index contributed by atoms with van der Waals surface area (Å²) in [6.45, 7) is 5.13.